The summed E-state index contributed by atoms with van der Waals surface area (Å²) in [5.41, 5.74) is 0.500. The van der Waals surface area contributed by atoms with Crippen LogP contribution < -0.4 is 14.9 Å². The van der Waals surface area contributed by atoms with Crippen molar-refractivity contribution in [2.45, 2.75) is 6.42 Å². The van der Waals surface area contributed by atoms with Crippen molar-refractivity contribution in [3.05, 3.63) is 33.6 Å². The summed E-state index contributed by atoms with van der Waals surface area (Å²) in [5, 5.41) is 0.689. The maximum absolute atomic E-state index is 11.9. The number of rotatable bonds is 0. The van der Waals surface area contributed by atoms with Gasteiger partial charge in [0, 0.05) is 18.7 Å². The lowest BCUT2D eigenvalue weighted by Crippen LogP contribution is -2.04. The number of benzene rings is 1. The topological polar surface area (TPSA) is 51.3 Å². The zero-order chi connectivity index (χ0) is 11.8. The van der Waals surface area contributed by atoms with Gasteiger partial charge >= 0.3 is 0 Å². The van der Waals surface area contributed by atoms with E-state index in [1.54, 1.807) is 12.1 Å². The monoisotopic (exact) mass is 251 g/mol. The Morgan fingerprint density at radius 2 is 1.88 bits per heavy atom. The minimum atomic E-state index is -0.198. The summed E-state index contributed by atoms with van der Waals surface area (Å²) in [7, 11) is 0. The molecule has 0 fully saturated rings. The Morgan fingerprint density at radius 3 is 2.65 bits per heavy atom. The van der Waals surface area contributed by atoms with Gasteiger partial charge in [0.05, 0.1) is 24.1 Å². The first kappa shape index (κ1) is 10.5. The predicted molar refractivity (Wildman–Crippen MR) is 65.2 cm³/mol. The fourth-order valence-corrected chi connectivity index (χ4v) is 2.01. The second kappa shape index (κ2) is 3.96. The number of nitrogens with one attached hydrogen (secondary N) is 1. The molecule has 17 heavy (non-hydrogen) atoms. The van der Waals surface area contributed by atoms with Gasteiger partial charge < -0.3 is 14.5 Å². The van der Waals surface area contributed by atoms with Crippen molar-refractivity contribution < 1.29 is 9.47 Å². The van der Waals surface area contributed by atoms with Crippen molar-refractivity contribution in [2.75, 3.05) is 13.2 Å². The van der Waals surface area contributed by atoms with Crippen molar-refractivity contribution in [1.82, 2.24) is 4.98 Å². The Balaban J connectivity index is 2.29. The molecule has 1 aromatic heterocycles. The molecule has 0 unspecified atom stereocenters. The number of aromatic amines is 1. The maximum atomic E-state index is 11.9. The van der Waals surface area contributed by atoms with Crippen LogP contribution in [-0.2, 0) is 0 Å². The Morgan fingerprint density at radius 1 is 1.18 bits per heavy atom. The highest BCUT2D eigenvalue weighted by Gasteiger charge is 2.13. The Labute approximate surface area is 102 Å². The van der Waals surface area contributed by atoms with Crippen LogP contribution in [0.1, 0.15) is 6.42 Å². The van der Waals surface area contributed by atoms with Crippen molar-refractivity contribution >= 4 is 22.5 Å². The standard InChI is InChI=1S/C12H10ClNO3/c13-8-6-14-9-5-11-10(4-7(9)12(8)15)16-2-1-3-17-11/h4-6H,1-3H2,(H,14,15). The van der Waals surface area contributed by atoms with Crippen LogP contribution in [0.3, 0.4) is 0 Å². The van der Waals surface area contributed by atoms with E-state index in [0.717, 1.165) is 6.42 Å². The molecule has 5 heteroatoms. The Bertz CT molecular complexity index is 635. The van der Waals surface area contributed by atoms with Gasteiger partial charge in [-0.15, -0.1) is 0 Å². The number of halogens is 1. The Kier molecular flexibility index (Phi) is 2.44. The fraction of sp³-hybridized carbons (Fsp3) is 0.250. The van der Waals surface area contributed by atoms with E-state index in [4.69, 9.17) is 21.1 Å². The van der Waals surface area contributed by atoms with E-state index in [9.17, 15) is 4.79 Å². The van der Waals surface area contributed by atoms with Crippen molar-refractivity contribution in [3.8, 4) is 11.5 Å². The van der Waals surface area contributed by atoms with E-state index in [-0.39, 0.29) is 10.5 Å². The average Bonchev–Trinajstić information content (AvgIpc) is 2.57. The lowest BCUT2D eigenvalue weighted by molar-refractivity contribution is 0.297. The number of aromatic nitrogens is 1. The van der Waals surface area contributed by atoms with Crippen LogP contribution in [0, 0.1) is 0 Å². The van der Waals surface area contributed by atoms with Crippen LogP contribution in [0.5, 0.6) is 11.5 Å². The lowest BCUT2D eigenvalue weighted by Gasteiger charge is -2.08. The Hall–Kier alpha value is -1.68. The molecule has 0 saturated heterocycles. The number of hydrogen-bond acceptors (Lipinski definition) is 3. The van der Waals surface area contributed by atoms with E-state index in [2.05, 4.69) is 4.98 Å². The summed E-state index contributed by atoms with van der Waals surface area (Å²) in [6, 6.07) is 3.45. The normalized spacial score (nSPS) is 14.6. The quantitative estimate of drug-likeness (QED) is 0.782. The van der Waals surface area contributed by atoms with E-state index in [1.165, 1.54) is 6.20 Å². The van der Waals surface area contributed by atoms with Gasteiger partial charge in [0.2, 0.25) is 5.43 Å². The molecule has 0 bridgehead atoms. The molecule has 0 radical (unpaired) electrons. The van der Waals surface area contributed by atoms with Gasteiger partial charge in [-0.3, -0.25) is 4.79 Å². The van der Waals surface area contributed by atoms with Crippen molar-refractivity contribution in [1.29, 1.82) is 0 Å². The van der Waals surface area contributed by atoms with Crippen LogP contribution in [0.15, 0.2) is 23.1 Å². The SMILES string of the molecule is O=c1c(Cl)c[nH]c2cc3c(cc12)OCCCO3. The molecule has 1 aliphatic heterocycles. The molecule has 4 nitrogen and oxygen atoms in total. The smallest absolute Gasteiger partial charge is 0.208 e. The number of fused-ring (bicyclic) bond motifs is 2. The molecule has 0 saturated carbocycles. The van der Waals surface area contributed by atoms with E-state index >= 15 is 0 Å². The van der Waals surface area contributed by atoms with Crippen LogP contribution in [-0.4, -0.2) is 18.2 Å². The largest absolute Gasteiger partial charge is 0.490 e. The zero-order valence-electron chi connectivity index (χ0n) is 8.96. The highest BCUT2D eigenvalue weighted by atomic mass is 35.5. The number of H-pyrrole nitrogens is 1. The van der Waals surface area contributed by atoms with Crippen LogP contribution >= 0.6 is 11.6 Å². The average molecular weight is 252 g/mol. The van der Waals surface area contributed by atoms with Crippen molar-refractivity contribution in [2.24, 2.45) is 0 Å². The number of ether oxygens (including phenoxy) is 2. The predicted octanol–water partition coefficient (Wildman–Crippen LogP) is 2.34. The highest BCUT2D eigenvalue weighted by molar-refractivity contribution is 6.31. The van der Waals surface area contributed by atoms with Crippen molar-refractivity contribution in [3.63, 3.8) is 0 Å². The van der Waals surface area contributed by atoms with Gasteiger partial charge in [-0.1, -0.05) is 11.6 Å². The molecule has 0 amide bonds. The van der Waals surface area contributed by atoms with Gasteiger partial charge in [-0.2, -0.15) is 0 Å². The molecular formula is C12H10ClNO3. The summed E-state index contributed by atoms with van der Waals surface area (Å²) in [6.07, 6.45) is 2.32. The molecule has 2 heterocycles. The molecule has 2 aromatic rings. The lowest BCUT2D eigenvalue weighted by atomic mass is 10.2. The van der Waals surface area contributed by atoms with Crippen LogP contribution in [0.2, 0.25) is 5.02 Å². The molecule has 0 atom stereocenters. The highest BCUT2D eigenvalue weighted by Crippen LogP contribution is 2.32. The maximum Gasteiger partial charge on any atom is 0.208 e. The van der Waals surface area contributed by atoms with Gasteiger partial charge in [-0.25, -0.2) is 0 Å². The first-order chi connectivity index (χ1) is 8.25. The molecule has 0 spiro atoms. The van der Waals surface area contributed by atoms with Gasteiger partial charge in [0.1, 0.15) is 5.02 Å². The fourth-order valence-electron chi connectivity index (χ4n) is 1.85. The van der Waals surface area contributed by atoms with Gasteiger partial charge in [-0.05, 0) is 6.07 Å². The van der Waals surface area contributed by atoms with E-state index in [0.29, 0.717) is 35.6 Å². The third-order valence-electron chi connectivity index (χ3n) is 2.70. The number of hydrogen-bond donors (Lipinski definition) is 1. The molecule has 3 rings (SSSR count). The number of pyridine rings is 1. The molecule has 88 valence electrons. The summed E-state index contributed by atoms with van der Waals surface area (Å²) in [5.74, 6) is 1.26. The third kappa shape index (κ3) is 1.74. The van der Waals surface area contributed by atoms with Crippen LogP contribution in [0.4, 0.5) is 0 Å². The molecule has 1 N–H and O–H groups in total. The minimum Gasteiger partial charge on any atom is -0.490 e. The summed E-state index contributed by atoms with van der Waals surface area (Å²) >= 11 is 5.79. The van der Waals surface area contributed by atoms with Crippen LogP contribution in [0.25, 0.3) is 10.9 Å². The summed E-state index contributed by atoms with van der Waals surface area (Å²) in [4.78, 5) is 14.8. The van der Waals surface area contributed by atoms with E-state index < -0.39 is 0 Å². The van der Waals surface area contributed by atoms with Gasteiger partial charge in [0.15, 0.2) is 11.5 Å². The molecular weight excluding hydrogens is 242 g/mol. The second-order valence-corrected chi connectivity index (χ2v) is 4.27. The molecule has 0 aliphatic carbocycles. The third-order valence-corrected chi connectivity index (χ3v) is 2.98. The van der Waals surface area contributed by atoms with E-state index in [1.807, 2.05) is 0 Å². The first-order valence-corrected chi connectivity index (χ1v) is 5.74. The molecule has 1 aromatic carbocycles. The second-order valence-electron chi connectivity index (χ2n) is 3.86. The summed E-state index contributed by atoms with van der Waals surface area (Å²) in [6.45, 7) is 1.22. The molecule has 1 aliphatic rings. The van der Waals surface area contributed by atoms with Gasteiger partial charge in [0.25, 0.3) is 0 Å². The minimum absolute atomic E-state index is 0.173. The summed E-state index contributed by atoms with van der Waals surface area (Å²) < 4.78 is 11.1. The first-order valence-electron chi connectivity index (χ1n) is 5.36. The zero-order valence-corrected chi connectivity index (χ0v) is 9.71.